The Labute approximate surface area is 107 Å². The number of carbonyl (C=O) groups is 1. The van der Waals surface area contributed by atoms with Gasteiger partial charge in [-0.3, -0.25) is 0 Å². The highest BCUT2D eigenvalue weighted by molar-refractivity contribution is 5.89. The van der Waals surface area contributed by atoms with Gasteiger partial charge in [0.25, 0.3) is 0 Å². The second kappa shape index (κ2) is 5.76. The molecule has 0 radical (unpaired) electrons. The molecule has 4 nitrogen and oxygen atoms in total. The lowest BCUT2D eigenvalue weighted by Crippen LogP contribution is -2.38. The van der Waals surface area contributed by atoms with E-state index in [1.54, 1.807) is 18.2 Å². The SMILES string of the molecule is Cc1ccc(NC(=O)NC2CCCCC2)cc1O. The van der Waals surface area contributed by atoms with Gasteiger partial charge in [-0.2, -0.15) is 0 Å². The molecule has 0 atom stereocenters. The quantitative estimate of drug-likeness (QED) is 0.753. The van der Waals surface area contributed by atoms with Gasteiger partial charge in [0.1, 0.15) is 5.75 Å². The van der Waals surface area contributed by atoms with Crippen molar-refractivity contribution in [3.05, 3.63) is 23.8 Å². The first-order valence-electron chi connectivity index (χ1n) is 6.52. The molecule has 0 bridgehead atoms. The largest absolute Gasteiger partial charge is 0.508 e. The van der Waals surface area contributed by atoms with Gasteiger partial charge >= 0.3 is 6.03 Å². The van der Waals surface area contributed by atoms with E-state index in [1.807, 2.05) is 6.92 Å². The Bertz CT molecular complexity index is 426. The van der Waals surface area contributed by atoms with Gasteiger partial charge in [-0.1, -0.05) is 25.3 Å². The molecule has 0 saturated heterocycles. The summed E-state index contributed by atoms with van der Waals surface area (Å²) in [4.78, 5) is 11.8. The Hall–Kier alpha value is -1.71. The minimum absolute atomic E-state index is 0.190. The number of phenolic OH excluding ortho intramolecular Hbond substituents is 1. The van der Waals surface area contributed by atoms with Crippen LogP contribution in [0.2, 0.25) is 0 Å². The molecule has 0 aliphatic heterocycles. The van der Waals surface area contributed by atoms with E-state index in [2.05, 4.69) is 10.6 Å². The van der Waals surface area contributed by atoms with Gasteiger partial charge in [0.05, 0.1) is 0 Å². The number of phenols is 1. The topological polar surface area (TPSA) is 61.4 Å². The van der Waals surface area contributed by atoms with Crippen molar-refractivity contribution >= 4 is 11.7 Å². The van der Waals surface area contributed by atoms with Crippen LogP contribution in [0, 0.1) is 6.92 Å². The smallest absolute Gasteiger partial charge is 0.319 e. The van der Waals surface area contributed by atoms with Crippen molar-refractivity contribution < 1.29 is 9.90 Å². The number of carbonyl (C=O) groups excluding carboxylic acids is 1. The predicted molar refractivity (Wildman–Crippen MR) is 71.9 cm³/mol. The average molecular weight is 248 g/mol. The number of hydrogen-bond donors (Lipinski definition) is 3. The maximum atomic E-state index is 11.8. The molecule has 4 heteroatoms. The molecule has 1 fully saturated rings. The van der Waals surface area contributed by atoms with Crippen LogP contribution in [0.4, 0.5) is 10.5 Å². The molecule has 1 aromatic rings. The monoisotopic (exact) mass is 248 g/mol. The highest BCUT2D eigenvalue weighted by atomic mass is 16.3. The first-order chi connectivity index (χ1) is 8.65. The Balaban J connectivity index is 1.88. The van der Waals surface area contributed by atoms with Crippen molar-refractivity contribution in [2.24, 2.45) is 0 Å². The number of aromatic hydroxyl groups is 1. The fraction of sp³-hybridized carbons (Fsp3) is 0.500. The van der Waals surface area contributed by atoms with Crippen molar-refractivity contribution in [2.75, 3.05) is 5.32 Å². The fourth-order valence-electron chi connectivity index (χ4n) is 2.29. The van der Waals surface area contributed by atoms with Crippen LogP contribution in [0.3, 0.4) is 0 Å². The van der Waals surface area contributed by atoms with E-state index in [4.69, 9.17) is 0 Å². The molecule has 1 aliphatic rings. The van der Waals surface area contributed by atoms with Crippen LogP contribution in [0.15, 0.2) is 18.2 Å². The van der Waals surface area contributed by atoms with Gasteiger partial charge < -0.3 is 15.7 Å². The van der Waals surface area contributed by atoms with E-state index in [1.165, 1.54) is 19.3 Å². The number of urea groups is 1. The summed E-state index contributed by atoms with van der Waals surface area (Å²) in [5.74, 6) is 0.200. The molecule has 2 amide bonds. The summed E-state index contributed by atoms with van der Waals surface area (Å²) in [5, 5.41) is 15.3. The maximum absolute atomic E-state index is 11.8. The van der Waals surface area contributed by atoms with Crippen LogP contribution in [0.25, 0.3) is 0 Å². The maximum Gasteiger partial charge on any atom is 0.319 e. The zero-order valence-electron chi connectivity index (χ0n) is 10.7. The first kappa shape index (κ1) is 12.7. The summed E-state index contributed by atoms with van der Waals surface area (Å²) in [6.07, 6.45) is 5.78. The lowest BCUT2D eigenvalue weighted by Gasteiger charge is -2.22. The minimum Gasteiger partial charge on any atom is -0.508 e. The third kappa shape index (κ3) is 3.39. The zero-order valence-corrected chi connectivity index (χ0v) is 10.7. The van der Waals surface area contributed by atoms with E-state index in [0.29, 0.717) is 5.69 Å². The molecule has 0 unspecified atom stereocenters. The molecule has 1 aliphatic carbocycles. The molecular formula is C14H20N2O2. The first-order valence-corrected chi connectivity index (χ1v) is 6.52. The summed E-state index contributed by atoms with van der Waals surface area (Å²) in [6, 6.07) is 5.24. The van der Waals surface area contributed by atoms with Gasteiger partial charge in [-0.15, -0.1) is 0 Å². The number of hydrogen-bond acceptors (Lipinski definition) is 2. The van der Waals surface area contributed by atoms with Crippen molar-refractivity contribution in [1.82, 2.24) is 5.32 Å². The number of rotatable bonds is 2. The van der Waals surface area contributed by atoms with Crippen LogP contribution in [-0.4, -0.2) is 17.2 Å². The molecule has 1 saturated carbocycles. The van der Waals surface area contributed by atoms with Crippen LogP contribution < -0.4 is 10.6 Å². The Morgan fingerprint density at radius 2 is 2.00 bits per heavy atom. The number of aryl methyl sites for hydroxylation is 1. The van der Waals surface area contributed by atoms with E-state index in [9.17, 15) is 9.90 Å². The lowest BCUT2D eigenvalue weighted by atomic mass is 9.96. The van der Waals surface area contributed by atoms with E-state index in [0.717, 1.165) is 18.4 Å². The van der Waals surface area contributed by atoms with Crippen LogP contribution in [-0.2, 0) is 0 Å². The second-order valence-corrected chi connectivity index (χ2v) is 4.93. The van der Waals surface area contributed by atoms with Crippen molar-refractivity contribution in [2.45, 2.75) is 45.1 Å². The number of anilines is 1. The van der Waals surface area contributed by atoms with Crippen LogP contribution in [0.1, 0.15) is 37.7 Å². The fourth-order valence-corrected chi connectivity index (χ4v) is 2.29. The molecule has 0 aromatic heterocycles. The summed E-state index contributed by atoms with van der Waals surface area (Å²) in [6.45, 7) is 1.82. The van der Waals surface area contributed by atoms with Crippen molar-refractivity contribution in [3.63, 3.8) is 0 Å². The van der Waals surface area contributed by atoms with E-state index >= 15 is 0 Å². The van der Waals surface area contributed by atoms with E-state index < -0.39 is 0 Å². The van der Waals surface area contributed by atoms with Gasteiger partial charge in [0, 0.05) is 17.8 Å². The minimum atomic E-state index is -0.190. The molecule has 1 aromatic carbocycles. The third-order valence-corrected chi connectivity index (χ3v) is 3.41. The average Bonchev–Trinajstić information content (AvgIpc) is 2.35. The molecule has 98 valence electrons. The Kier molecular flexibility index (Phi) is 4.07. The molecular weight excluding hydrogens is 228 g/mol. The lowest BCUT2D eigenvalue weighted by molar-refractivity contribution is 0.244. The Morgan fingerprint density at radius 3 is 2.67 bits per heavy atom. The molecule has 0 heterocycles. The van der Waals surface area contributed by atoms with Gasteiger partial charge in [-0.25, -0.2) is 4.79 Å². The number of benzene rings is 1. The highest BCUT2D eigenvalue weighted by Gasteiger charge is 2.15. The van der Waals surface area contributed by atoms with Gasteiger partial charge in [0.2, 0.25) is 0 Å². The zero-order chi connectivity index (χ0) is 13.0. The molecule has 18 heavy (non-hydrogen) atoms. The summed E-state index contributed by atoms with van der Waals surface area (Å²) in [5.41, 5.74) is 1.42. The molecule has 0 spiro atoms. The van der Waals surface area contributed by atoms with Crippen molar-refractivity contribution in [3.8, 4) is 5.75 Å². The van der Waals surface area contributed by atoms with Crippen LogP contribution in [0.5, 0.6) is 5.75 Å². The Morgan fingerprint density at radius 1 is 1.28 bits per heavy atom. The van der Waals surface area contributed by atoms with Crippen molar-refractivity contribution in [1.29, 1.82) is 0 Å². The number of amides is 2. The highest BCUT2D eigenvalue weighted by Crippen LogP contribution is 2.21. The molecule has 3 N–H and O–H groups in total. The van der Waals surface area contributed by atoms with Gasteiger partial charge in [0.15, 0.2) is 0 Å². The van der Waals surface area contributed by atoms with Crippen LogP contribution >= 0.6 is 0 Å². The summed E-state index contributed by atoms with van der Waals surface area (Å²) in [7, 11) is 0. The third-order valence-electron chi connectivity index (χ3n) is 3.41. The predicted octanol–water partition coefficient (Wildman–Crippen LogP) is 3.15. The number of nitrogens with one attached hydrogen (secondary N) is 2. The van der Waals surface area contributed by atoms with Gasteiger partial charge in [-0.05, 0) is 31.4 Å². The standard InChI is InChI=1S/C14H20N2O2/c1-10-7-8-12(9-13(10)17)16-14(18)15-11-5-3-2-4-6-11/h7-9,11,17H,2-6H2,1H3,(H2,15,16,18). The normalized spacial score (nSPS) is 16.3. The molecule has 2 rings (SSSR count). The second-order valence-electron chi connectivity index (χ2n) is 4.93. The summed E-state index contributed by atoms with van der Waals surface area (Å²) < 4.78 is 0. The van der Waals surface area contributed by atoms with E-state index in [-0.39, 0.29) is 17.8 Å². The summed E-state index contributed by atoms with van der Waals surface area (Å²) >= 11 is 0.